The molecule has 1 atom stereocenters. The number of carbonyl (C=O) groups is 3. The molecule has 2 amide bonds. The molecule has 0 heterocycles. The molecule has 4 N–H and O–H groups in total. The monoisotopic (exact) mass is 432 g/mol. The van der Waals surface area contributed by atoms with Crippen LogP contribution in [0.25, 0.3) is 0 Å². The molecule has 1 rings (SSSR count). The van der Waals surface area contributed by atoms with Crippen LogP contribution in [-0.2, 0) is 14.3 Å². The molecule has 0 saturated carbocycles. The van der Waals surface area contributed by atoms with Gasteiger partial charge in [-0.3, -0.25) is 9.59 Å². The van der Waals surface area contributed by atoms with Gasteiger partial charge in [0.1, 0.15) is 18.0 Å². The summed E-state index contributed by atoms with van der Waals surface area (Å²) in [6, 6.07) is 5.00. The smallest absolute Gasteiger partial charge is 0.407 e. The van der Waals surface area contributed by atoms with Crippen LogP contribution in [0, 0.1) is 18.8 Å². The maximum Gasteiger partial charge on any atom is 0.407 e. The van der Waals surface area contributed by atoms with Gasteiger partial charge in [-0.1, -0.05) is 17.9 Å². The first kappa shape index (κ1) is 25.8. The average Bonchev–Trinajstić information content (AvgIpc) is 2.63. The minimum Gasteiger partial charge on any atom is -0.491 e. The zero-order valence-electron chi connectivity index (χ0n) is 18.6. The van der Waals surface area contributed by atoms with E-state index in [9.17, 15) is 14.4 Å². The fourth-order valence-electron chi connectivity index (χ4n) is 2.57. The molecular formula is C23H32N2O6. The van der Waals surface area contributed by atoms with Crippen molar-refractivity contribution in [1.82, 2.24) is 5.32 Å². The van der Waals surface area contributed by atoms with Crippen molar-refractivity contribution in [2.24, 2.45) is 5.73 Å². The lowest BCUT2D eigenvalue weighted by molar-refractivity contribution is -0.137. The van der Waals surface area contributed by atoms with Gasteiger partial charge in [0.2, 0.25) is 5.91 Å². The van der Waals surface area contributed by atoms with E-state index in [4.69, 9.17) is 20.3 Å². The van der Waals surface area contributed by atoms with Gasteiger partial charge in [0.15, 0.2) is 0 Å². The van der Waals surface area contributed by atoms with Crippen molar-refractivity contribution in [3.05, 3.63) is 29.3 Å². The Morgan fingerprint density at radius 1 is 1.23 bits per heavy atom. The maximum absolute atomic E-state index is 12.1. The van der Waals surface area contributed by atoms with Crippen molar-refractivity contribution in [3.8, 4) is 17.6 Å². The summed E-state index contributed by atoms with van der Waals surface area (Å²) in [5.41, 5.74) is 6.20. The van der Waals surface area contributed by atoms with Crippen molar-refractivity contribution >= 4 is 18.0 Å². The van der Waals surface area contributed by atoms with Gasteiger partial charge in [-0.25, -0.2) is 4.79 Å². The van der Waals surface area contributed by atoms with Crippen LogP contribution < -0.4 is 15.8 Å². The van der Waals surface area contributed by atoms with Gasteiger partial charge in [0.05, 0.1) is 6.04 Å². The van der Waals surface area contributed by atoms with E-state index in [0.717, 1.165) is 11.1 Å². The molecule has 1 aromatic rings. The molecule has 0 radical (unpaired) electrons. The van der Waals surface area contributed by atoms with Crippen molar-refractivity contribution < 1.29 is 29.0 Å². The topological polar surface area (TPSA) is 128 Å². The average molecular weight is 433 g/mol. The van der Waals surface area contributed by atoms with Gasteiger partial charge in [0.25, 0.3) is 0 Å². The second kappa shape index (κ2) is 12.5. The number of hydrogen-bond acceptors (Lipinski definition) is 5. The van der Waals surface area contributed by atoms with Gasteiger partial charge in [0, 0.05) is 30.4 Å². The third kappa shape index (κ3) is 11.5. The maximum atomic E-state index is 12.1. The quantitative estimate of drug-likeness (QED) is 0.385. The lowest BCUT2D eigenvalue weighted by atomic mass is 10.1. The molecule has 0 spiro atoms. The van der Waals surface area contributed by atoms with Crippen LogP contribution in [0.15, 0.2) is 18.2 Å². The summed E-state index contributed by atoms with van der Waals surface area (Å²) in [6.45, 7) is 7.29. The summed E-state index contributed by atoms with van der Waals surface area (Å²) in [5.74, 6) is 5.32. The predicted octanol–water partition coefficient (Wildman–Crippen LogP) is 3.14. The predicted molar refractivity (Wildman–Crippen MR) is 117 cm³/mol. The minimum atomic E-state index is -0.834. The highest BCUT2D eigenvalue weighted by atomic mass is 16.6. The number of hydrogen-bond donors (Lipinski definition) is 3. The molecular weight excluding hydrogens is 400 g/mol. The number of benzene rings is 1. The van der Waals surface area contributed by atoms with Crippen LogP contribution >= 0.6 is 0 Å². The Bertz CT molecular complexity index is 833. The number of unbranched alkanes of at least 4 members (excludes halogenated alkanes) is 1. The molecule has 0 aliphatic rings. The van der Waals surface area contributed by atoms with E-state index in [1.165, 1.54) is 0 Å². The highest BCUT2D eigenvalue weighted by Gasteiger charge is 2.20. The van der Waals surface area contributed by atoms with E-state index >= 15 is 0 Å². The number of rotatable bonds is 10. The number of carboxylic acid groups (broad SMARTS) is 1. The Morgan fingerprint density at radius 2 is 1.94 bits per heavy atom. The molecule has 0 bridgehead atoms. The standard InChI is InChI=1S/C23H32N2O6/c1-16-17(9-6-5-7-12-21(27)28)10-8-11-19(16)30-15-18(13-14-20(24)26)25-22(29)31-23(2,3)4/h8,10-11,18H,5,7,12-15H2,1-4H3,(H2,24,26)(H,25,29)(H,27,28)/t18-/m0/s1. The lowest BCUT2D eigenvalue weighted by Gasteiger charge is -2.24. The first-order valence-corrected chi connectivity index (χ1v) is 10.2. The summed E-state index contributed by atoms with van der Waals surface area (Å²) in [5, 5.41) is 11.4. The van der Waals surface area contributed by atoms with Crippen molar-refractivity contribution in [3.63, 3.8) is 0 Å². The summed E-state index contributed by atoms with van der Waals surface area (Å²) in [4.78, 5) is 33.8. The van der Waals surface area contributed by atoms with Crippen molar-refractivity contribution in [2.45, 2.75) is 71.4 Å². The van der Waals surface area contributed by atoms with Crippen molar-refractivity contribution in [1.29, 1.82) is 0 Å². The summed E-state index contributed by atoms with van der Waals surface area (Å²) < 4.78 is 11.2. The van der Waals surface area contributed by atoms with Crippen LogP contribution in [0.1, 0.15) is 64.0 Å². The number of carboxylic acids is 1. The van der Waals surface area contributed by atoms with E-state index in [0.29, 0.717) is 25.0 Å². The van der Waals surface area contributed by atoms with Crippen molar-refractivity contribution in [2.75, 3.05) is 6.61 Å². The number of alkyl carbamates (subject to hydrolysis) is 1. The first-order valence-electron chi connectivity index (χ1n) is 10.2. The van der Waals surface area contributed by atoms with E-state index in [1.807, 2.05) is 19.1 Å². The van der Waals surface area contributed by atoms with E-state index in [1.54, 1.807) is 26.8 Å². The molecule has 31 heavy (non-hydrogen) atoms. The fraction of sp³-hybridized carbons (Fsp3) is 0.522. The van der Waals surface area contributed by atoms with Gasteiger partial charge < -0.3 is 25.6 Å². The van der Waals surface area contributed by atoms with Gasteiger partial charge >= 0.3 is 12.1 Å². The number of amides is 2. The highest BCUT2D eigenvalue weighted by Crippen LogP contribution is 2.21. The number of ether oxygens (including phenoxy) is 2. The molecule has 0 aliphatic heterocycles. The molecule has 0 fully saturated rings. The highest BCUT2D eigenvalue weighted by molar-refractivity contribution is 5.74. The fourth-order valence-corrected chi connectivity index (χ4v) is 2.57. The second-order valence-electron chi connectivity index (χ2n) is 8.14. The molecule has 0 saturated heterocycles. The lowest BCUT2D eigenvalue weighted by Crippen LogP contribution is -2.42. The Morgan fingerprint density at radius 3 is 2.55 bits per heavy atom. The SMILES string of the molecule is Cc1c(C#CCCCC(=O)O)cccc1OC[C@H](CCC(N)=O)NC(=O)OC(C)(C)C. The zero-order valence-corrected chi connectivity index (χ0v) is 18.6. The Balaban J connectivity index is 2.78. The van der Waals surface area contributed by atoms with Gasteiger partial charge in [-0.2, -0.15) is 0 Å². The summed E-state index contributed by atoms with van der Waals surface area (Å²) in [6.07, 6.45) is 0.903. The summed E-state index contributed by atoms with van der Waals surface area (Å²) in [7, 11) is 0. The molecule has 1 aromatic carbocycles. The van der Waals surface area contributed by atoms with Crippen LogP contribution in [0.5, 0.6) is 5.75 Å². The van der Waals surface area contributed by atoms with Gasteiger partial charge in [-0.15, -0.1) is 0 Å². The number of carbonyl (C=O) groups excluding carboxylic acids is 2. The zero-order chi connectivity index (χ0) is 23.4. The minimum absolute atomic E-state index is 0.0914. The molecule has 0 aliphatic carbocycles. The Kier molecular flexibility index (Phi) is 10.4. The first-order chi connectivity index (χ1) is 14.5. The molecule has 0 unspecified atom stereocenters. The third-order valence-electron chi connectivity index (χ3n) is 4.10. The number of primary amides is 1. The van der Waals surface area contributed by atoms with Crippen LogP contribution in [0.2, 0.25) is 0 Å². The number of aliphatic carboxylic acids is 1. The molecule has 8 heteroatoms. The second-order valence-corrected chi connectivity index (χ2v) is 8.14. The van der Waals surface area contributed by atoms with Crippen LogP contribution in [0.3, 0.4) is 0 Å². The normalized spacial score (nSPS) is 11.6. The number of nitrogens with one attached hydrogen (secondary N) is 1. The number of nitrogens with two attached hydrogens (primary N) is 1. The molecule has 8 nitrogen and oxygen atoms in total. The van der Waals surface area contributed by atoms with Crippen LogP contribution in [-0.4, -0.2) is 41.3 Å². The summed E-state index contributed by atoms with van der Waals surface area (Å²) >= 11 is 0. The largest absolute Gasteiger partial charge is 0.491 e. The molecule has 0 aromatic heterocycles. The third-order valence-corrected chi connectivity index (χ3v) is 4.10. The van der Waals surface area contributed by atoms with E-state index in [-0.39, 0.29) is 19.4 Å². The van der Waals surface area contributed by atoms with Crippen LogP contribution in [0.4, 0.5) is 4.79 Å². The van der Waals surface area contributed by atoms with E-state index in [2.05, 4.69) is 17.2 Å². The Hall–Kier alpha value is -3.21. The van der Waals surface area contributed by atoms with E-state index < -0.39 is 29.6 Å². The van der Waals surface area contributed by atoms with Gasteiger partial charge in [-0.05, 0) is 52.7 Å². The Labute approximate surface area is 183 Å². The molecule has 170 valence electrons.